The molecule has 0 aliphatic carbocycles. The first kappa shape index (κ1) is 16.2. The third-order valence-electron chi connectivity index (χ3n) is 3.93. The fourth-order valence-electron chi connectivity index (χ4n) is 2.77. The highest BCUT2D eigenvalue weighted by Gasteiger charge is 2.35. The molecule has 122 valence electrons. The number of nitrogens with zero attached hydrogens (tertiary/aromatic N) is 2. The van der Waals surface area contributed by atoms with Gasteiger partial charge in [-0.15, -0.1) is 11.3 Å². The van der Waals surface area contributed by atoms with E-state index in [4.69, 9.17) is 0 Å². The molecule has 0 N–H and O–H groups in total. The van der Waals surface area contributed by atoms with Gasteiger partial charge in [0, 0.05) is 31.2 Å². The molecule has 0 spiro atoms. The molecule has 5 nitrogen and oxygen atoms in total. The van der Waals surface area contributed by atoms with Crippen LogP contribution in [0.4, 0.5) is 0 Å². The summed E-state index contributed by atoms with van der Waals surface area (Å²) in [7, 11) is -3.47. The van der Waals surface area contributed by atoms with E-state index >= 15 is 0 Å². The average Bonchev–Trinajstić information content (AvgIpc) is 3.10. The van der Waals surface area contributed by atoms with Crippen LogP contribution in [0.15, 0.2) is 52.1 Å². The zero-order valence-corrected chi connectivity index (χ0v) is 14.4. The lowest BCUT2D eigenvalue weighted by molar-refractivity contribution is 0.0642. The predicted molar refractivity (Wildman–Crippen MR) is 90.0 cm³/mol. The van der Waals surface area contributed by atoms with E-state index in [1.54, 1.807) is 34.5 Å². The monoisotopic (exact) mass is 350 g/mol. The molecule has 3 rings (SSSR count). The van der Waals surface area contributed by atoms with Crippen molar-refractivity contribution in [3.8, 4) is 0 Å². The zero-order valence-electron chi connectivity index (χ0n) is 12.8. The number of amides is 1. The highest BCUT2D eigenvalue weighted by Crippen LogP contribution is 2.25. The topological polar surface area (TPSA) is 57.7 Å². The fourth-order valence-corrected chi connectivity index (χ4v) is 5.50. The van der Waals surface area contributed by atoms with Gasteiger partial charge >= 0.3 is 0 Å². The summed E-state index contributed by atoms with van der Waals surface area (Å²) < 4.78 is 27.1. The number of hydrogen-bond donors (Lipinski definition) is 0. The number of hydrogen-bond acceptors (Lipinski definition) is 4. The zero-order chi connectivity index (χ0) is 16.4. The number of thiophene rings is 1. The smallest absolute Gasteiger partial charge is 0.253 e. The number of rotatable bonds is 3. The first-order valence-corrected chi connectivity index (χ1v) is 9.72. The lowest BCUT2D eigenvalue weighted by Gasteiger charge is -2.38. The van der Waals surface area contributed by atoms with Gasteiger partial charge in [-0.1, -0.05) is 24.3 Å². The molecule has 1 aliphatic rings. The molecule has 1 atom stereocenters. The molecule has 1 aromatic carbocycles. The van der Waals surface area contributed by atoms with Gasteiger partial charge in [-0.3, -0.25) is 4.79 Å². The average molecular weight is 350 g/mol. The van der Waals surface area contributed by atoms with E-state index in [0.29, 0.717) is 29.4 Å². The normalized spacial score (nSPS) is 19.7. The molecule has 1 fully saturated rings. The molecule has 0 saturated carbocycles. The number of benzene rings is 1. The van der Waals surface area contributed by atoms with E-state index in [1.165, 1.54) is 15.6 Å². The van der Waals surface area contributed by atoms with Crippen LogP contribution < -0.4 is 0 Å². The molecule has 0 bridgehead atoms. The number of sulfonamides is 1. The van der Waals surface area contributed by atoms with Crippen molar-refractivity contribution in [3.63, 3.8) is 0 Å². The van der Waals surface area contributed by atoms with Gasteiger partial charge in [-0.25, -0.2) is 8.42 Å². The number of carbonyl (C=O) groups excluding carboxylic acids is 1. The molecule has 0 radical (unpaired) electrons. The fraction of sp³-hybridized carbons (Fsp3) is 0.312. The third-order valence-corrected chi connectivity index (χ3v) is 7.32. The predicted octanol–water partition coefficient (Wildman–Crippen LogP) is 2.28. The summed E-state index contributed by atoms with van der Waals surface area (Å²) in [6, 6.07) is 12.2. The Hall–Kier alpha value is -1.70. The van der Waals surface area contributed by atoms with Crippen LogP contribution in [-0.2, 0) is 10.0 Å². The first-order valence-electron chi connectivity index (χ1n) is 7.40. The maximum atomic E-state index is 12.6. The van der Waals surface area contributed by atoms with E-state index in [9.17, 15) is 13.2 Å². The standard InChI is InChI=1S/C16H18N2O3S2/c1-13-12-17(16(19)14-6-3-2-4-7-14)9-10-18(13)23(20,21)15-8-5-11-22-15/h2-8,11,13H,9-10,12H2,1H3. The number of carbonyl (C=O) groups is 1. The summed E-state index contributed by atoms with van der Waals surface area (Å²) in [6.07, 6.45) is 0. The van der Waals surface area contributed by atoms with E-state index in [2.05, 4.69) is 0 Å². The van der Waals surface area contributed by atoms with Crippen molar-refractivity contribution in [1.82, 2.24) is 9.21 Å². The molecule has 1 saturated heterocycles. The minimum Gasteiger partial charge on any atom is -0.336 e. The molecule has 1 amide bonds. The lowest BCUT2D eigenvalue weighted by Crippen LogP contribution is -2.55. The van der Waals surface area contributed by atoms with E-state index in [1.807, 2.05) is 25.1 Å². The van der Waals surface area contributed by atoms with Crippen LogP contribution >= 0.6 is 11.3 Å². The van der Waals surface area contributed by atoms with E-state index in [0.717, 1.165) is 0 Å². The minimum absolute atomic E-state index is 0.0504. The van der Waals surface area contributed by atoms with Crippen molar-refractivity contribution < 1.29 is 13.2 Å². The summed E-state index contributed by atoms with van der Waals surface area (Å²) in [5, 5.41) is 1.76. The quantitative estimate of drug-likeness (QED) is 0.853. The molecule has 7 heteroatoms. The van der Waals surface area contributed by atoms with Crippen LogP contribution in [0.2, 0.25) is 0 Å². The van der Waals surface area contributed by atoms with Crippen LogP contribution in [0.25, 0.3) is 0 Å². The summed E-state index contributed by atoms with van der Waals surface area (Å²) in [4.78, 5) is 14.2. The van der Waals surface area contributed by atoms with Gasteiger partial charge in [0.25, 0.3) is 15.9 Å². The molecule has 2 aromatic rings. The van der Waals surface area contributed by atoms with Crippen molar-refractivity contribution in [2.24, 2.45) is 0 Å². The van der Waals surface area contributed by atoms with Gasteiger partial charge in [0.15, 0.2) is 0 Å². The maximum Gasteiger partial charge on any atom is 0.253 e. The van der Waals surface area contributed by atoms with Gasteiger partial charge in [-0.2, -0.15) is 4.31 Å². The Balaban J connectivity index is 1.74. The van der Waals surface area contributed by atoms with Crippen LogP contribution in [-0.4, -0.2) is 49.2 Å². The molecule has 23 heavy (non-hydrogen) atoms. The summed E-state index contributed by atoms with van der Waals surface area (Å²) >= 11 is 1.22. The summed E-state index contributed by atoms with van der Waals surface area (Å²) in [6.45, 7) is 2.97. The van der Waals surface area contributed by atoms with E-state index < -0.39 is 10.0 Å². The Morgan fingerprint density at radius 1 is 1.13 bits per heavy atom. The molecule has 2 heterocycles. The summed E-state index contributed by atoms with van der Waals surface area (Å²) in [5.41, 5.74) is 0.634. The van der Waals surface area contributed by atoms with Crippen molar-refractivity contribution in [3.05, 3.63) is 53.4 Å². The largest absolute Gasteiger partial charge is 0.336 e. The first-order chi connectivity index (χ1) is 11.0. The Bertz CT molecular complexity index is 773. The van der Waals surface area contributed by atoms with Crippen molar-refractivity contribution in [2.45, 2.75) is 17.2 Å². The number of piperazine rings is 1. The SMILES string of the molecule is CC1CN(C(=O)c2ccccc2)CCN1S(=O)(=O)c1cccs1. The highest BCUT2D eigenvalue weighted by atomic mass is 32.2. The second-order valence-electron chi connectivity index (χ2n) is 5.51. The van der Waals surface area contributed by atoms with Gasteiger partial charge in [0.05, 0.1) is 0 Å². The maximum absolute atomic E-state index is 12.6. The Labute approximate surface area is 140 Å². The van der Waals surface area contributed by atoms with Gasteiger partial charge < -0.3 is 4.90 Å². The van der Waals surface area contributed by atoms with Crippen molar-refractivity contribution in [2.75, 3.05) is 19.6 Å². The van der Waals surface area contributed by atoms with Crippen LogP contribution in [0.1, 0.15) is 17.3 Å². The highest BCUT2D eigenvalue weighted by molar-refractivity contribution is 7.91. The second-order valence-corrected chi connectivity index (χ2v) is 8.58. The Morgan fingerprint density at radius 3 is 2.48 bits per heavy atom. The van der Waals surface area contributed by atoms with Gasteiger partial charge in [0.1, 0.15) is 4.21 Å². The lowest BCUT2D eigenvalue weighted by atomic mass is 10.1. The molecule has 1 aliphatic heterocycles. The molecular formula is C16H18N2O3S2. The van der Waals surface area contributed by atoms with Gasteiger partial charge in [-0.05, 0) is 30.5 Å². The van der Waals surface area contributed by atoms with Crippen molar-refractivity contribution >= 4 is 27.3 Å². The third kappa shape index (κ3) is 3.17. The second kappa shape index (κ2) is 6.43. The molecule has 1 unspecified atom stereocenters. The molecule has 1 aromatic heterocycles. The summed E-state index contributed by atoms with van der Waals surface area (Å²) in [5.74, 6) is -0.0504. The van der Waals surface area contributed by atoms with E-state index in [-0.39, 0.29) is 11.9 Å². The van der Waals surface area contributed by atoms with Crippen LogP contribution in [0, 0.1) is 0 Å². The van der Waals surface area contributed by atoms with Gasteiger partial charge in [0.2, 0.25) is 0 Å². The van der Waals surface area contributed by atoms with Crippen LogP contribution in [0.3, 0.4) is 0 Å². The molecular weight excluding hydrogens is 332 g/mol. The van der Waals surface area contributed by atoms with Crippen molar-refractivity contribution in [1.29, 1.82) is 0 Å². The minimum atomic E-state index is -3.47. The van der Waals surface area contributed by atoms with Crippen LogP contribution in [0.5, 0.6) is 0 Å². The Morgan fingerprint density at radius 2 is 1.87 bits per heavy atom. The Kier molecular flexibility index (Phi) is 4.52.